The highest BCUT2D eigenvalue weighted by Crippen LogP contribution is 2.27. The zero-order valence-electron chi connectivity index (χ0n) is 30.8. The predicted molar refractivity (Wildman–Crippen MR) is 180 cm³/mol. The van der Waals surface area contributed by atoms with Crippen molar-refractivity contribution in [1.82, 2.24) is 15.1 Å². The molecule has 9 heteroatoms. The summed E-state index contributed by atoms with van der Waals surface area (Å²) in [5.74, 6) is -2.71. The second-order valence-corrected chi connectivity index (χ2v) is 14.7. The number of amides is 2. The average Bonchev–Trinajstić information content (AvgIpc) is 2.94. The van der Waals surface area contributed by atoms with Crippen LogP contribution < -0.4 is 5.32 Å². The van der Waals surface area contributed by atoms with E-state index in [4.69, 9.17) is 0 Å². The molecule has 0 heterocycles. The van der Waals surface area contributed by atoms with Crippen molar-refractivity contribution in [2.45, 2.75) is 126 Å². The van der Waals surface area contributed by atoms with Crippen LogP contribution in [0.25, 0.3) is 0 Å². The molecule has 6 atom stereocenters. The van der Waals surface area contributed by atoms with Crippen LogP contribution in [0, 0.1) is 47.3 Å². The minimum Gasteiger partial charge on any atom is -0.335 e. The predicted octanol–water partition coefficient (Wildman–Crippen LogP) is 5.23. The molecule has 0 saturated heterocycles. The lowest BCUT2D eigenvalue weighted by atomic mass is 9.83. The molecule has 0 aliphatic carbocycles. The highest BCUT2D eigenvalue weighted by atomic mass is 16.2. The minimum absolute atomic E-state index is 0.0111. The van der Waals surface area contributed by atoms with Crippen LogP contribution in [-0.2, 0) is 28.8 Å². The third-order valence-corrected chi connectivity index (χ3v) is 9.33. The van der Waals surface area contributed by atoms with E-state index in [2.05, 4.69) is 5.32 Å². The normalized spacial score (nSPS) is 16.0. The van der Waals surface area contributed by atoms with Crippen LogP contribution >= 0.6 is 0 Å². The Labute approximate surface area is 274 Å². The molecule has 0 aromatic carbocycles. The lowest BCUT2D eigenvalue weighted by molar-refractivity contribution is -0.147. The SMILES string of the molecule is CCC(C(=O)CC(C=O)C(C)C)N(C)C(=O)C(CC(=O)C(CC(C)C)N(C)C(=O)C(CC(=O)C(NC)C(C)C)C(C)C)C(C)C. The summed E-state index contributed by atoms with van der Waals surface area (Å²) in [5.41, 5.74) is 0. The summed E-state index contributed by atoms with van der Waals surface area (Å²) in [4.78, 5) is 82.6. The molecule has 0 fully saturated rings. The zero-order chi connectivity index (χ0) is 35.3. The van der Waals surface area contributed by atoms with E-state index < -0.39 is 29.8 Å². The largest absolute Gasteiger partial charge is 0.335 e. The molecule has 0 aromatic heterocycles. The van der Waals surface area contributed by atoms with Gasteiger partial charge in [0.05, 0.1) is 18.1 Å². The van der Waals surface area contributed by atoms with Gasteiger partial charge in [-0.1, -0.05) is 76.2 Å². The van der Waals surface area contributed by atoms with E-state index in [1.807, 2.05) is 76.2 Å². The lowest BCUT2D eigenvalue weighted by Gasteiger charge is -2.35. The fourth-order valence-electron chi connectivity index (χ4n) is 6.09. The molecule has 9 nitrogen and oxygen atoms in total. The van der Waals surface area contributed by atoms with E-state index in [0.717, 1.165) is 6.29 Å². The maximum absolute atomic E-state index is 14.0. The van der Waals surface area contributed by atoms with Gasteiger partial charge in [-0.25, -0.2) is 0 Å². The number of carbonyl (C=O) groups excluding carboxylic acids is 6. The highest BCUT2D eigenvalue weighted by Gasteiger charge is 2.39. The van der Waals surface area contributed by atoms with Gasteiger partial charge in [0.15, 0.2) is 17.3 Å². The molecular weight excluding hydrogens is 570 g/mol. The molecule has 0 saturated carbocycles. The number of nitrogens with zero attached hydrogens (tertiary/aromatic N) is 2. The Bertz CT molecular complexity index is 989. The van der Waals surface area contributed by atoms with Gasteiger partial charge in [-0.15, -0.1) is 0 Å². The number of hydrogen-bond donors (Lipinski definition) is 1. The molecule has 6 unspecified atom stereocenters. The monoisotopic (exact) mass is 635 g/mol. The summed E-state index contributed by atoms with van der Waals surface area (Å²) in [7, 11) is 4.97. The van der Waals surface area contributed by atoms with Crippen LogP contribution in [0.1, 0.15) is 108 Å². The van der Waals surface area contributed by atoms with Gasteiger partial charge >= 0.3 is 0 Å². The van der Waals surface area contributed by atoms with E-state index in [9.17, 15) is 28.8 Å². The van der Waals surface area contributed by atoms with Gasteiger partial charge in [-0.2, -0.15) is 0 Å². The van der Waals surface area contributed by atoms with Gasteiger partial charge in [0.2, 0.25) is 11.8 Å². The van der Waals surface area contributed by atoms with E-state index in [-0.39, 0.29) is 84.1 Å². The summed E-state index contributed by atoms with van der Waals surface area (Å²) in [6.07, 6.45) is 1.72. The second kappa shape index (κ2) is 20.0. The molecule has 0 aliphatic heterocycles. The summed E-state index contributed by atoms with van der Waals surface area (Å²) in [6, 6.07) is -1.80. The number of likely N-dealkylation sites (N-methyl/N-ethyl adjacent to an activating group) is 3. The number of Topliss-reactive ketones (excluding diaryl/α,β-unsaturated/α-hetero) is 3. The smallest absolute Gasteiger partial charge is 0.226 e. The fourth-order valence-corrected chi connectivity index (χ4v) is 6.09. The van der Waals surface area contributed by atoms with E-state index in [0.29, 0.717) is 12.8 Å². The average molecular weight is 636 g/mol. The van der Waals surface area contributed by atoms with Gasteiger partial charge in [0.25, 0.3) is 0 Å². The molecule has 0 radical (unpaired) electrons. The molecule has 0 rings (SSSR count). The summed E-state index contributed by atoms with van der Waals surface area (Å²) < 4.78 is 0. The molecule has 260 valence electrons. The van der Waals surface area contributed by atoms with Gasteiger partial charge in [-0.3, -0.25) is 24.0 Å². The third kappa shape index (κ3) is 12.7. The first-order chi connectivity index (χ1) is 20.8. The van der Waals surface area contributed by atoms with Crippen molar-refractivity contribution in [3.05, 3.63) is 0 Å². The molecule has 2 amide bonds. The van der Waals surface area contributed by atoms with Crippen LogP contribution in [0.15, 0.2) is 0 Å². The highest BCUT2D eigenvalue weighted by molar-refractivity contribution is 5.96. The number of carbonyl (C=O) groups is 6. The van der Waals surface area contributed by atoms with Crippen LogP contribution in [-0.4, -0.2) is 84.5 Å². The van der Waals surface area contributed by atoms with Crippen molar-refractivity contribution in [2.24, 2.45) is 47.3 Å². The van der Waals surface area contributed by atoms with Crippen molar-refractivity contribution < 1.29 is 28.8 Å². The number of aldehydes is 1. The number of ketones is 3. The Morgan fingerprint density at radius 2 is 1.04 bits per heavy atom. The summed E-state index contributed by atoms with van der Waals surface area (Å²) >= 11 is 0. The van der Waals surface area contributed by atoms with Crippen molar-refractivity contribution in [1.29, 1.82) is 0 Å². The van der Waals surface area contributed by atoms with Crippen molar-refractivity contribution >= 4 is 35.5 Å². The Kier molecular flexibility index (Phi) is 18.9. The molecule has 0 bridgehead atoms. The Hall–Kier alpha value is -2.42. The molecule has 1 N–H and O–H groups in total. The number of nitrogens with one attached hydrogen (secondary N) is 1. The number of rotatable bonds is 22. The van der Waals surface area contributed by atoms with Crippen molar-refractivity contribution in [3.8, 4) is 0 Å². The van der Waals surface area contributed by atoms with Gasteiger partial charge in [0.1, 0.15) is 6.29 Å². The standard InChI is InChI=1S/C36H65N3O6/c1-15-29(31(41)17-26(20-40)22(4)5)38(13)35(44)27(23(6)7)18-32(42)30(16-21(2)3)39(14)36(45)28(24(8)9)19-33(43)34(37-12)25(10)11/h20-30,34,37H,15-19H2,1-14H3. The zero-order valence-corrected chi connectivity index (χ0v) is 30.8. The Morgan fingerprint density at radius 1 is 0.622 bits per heavy atom. The first kappa shape index (κ1) is 42.6. The maximum atomic E-state index is 14.0. The summed E-state index contributed by atoms with van der Waals surface area (Å²) in [6.45, 7) is 21.1. The topological polar surface area (TPSA) is 121 Å². The van der Waals surface area contributed by atoms with Gasteiger partial charge in [0, 0.05) is 51.1 Å². The van der Waals surface area contributed by atoms with Crippen molar-refractivity contribution in [2.75, 3.05) is 21.1 Å². The molecule has 0 spiro atoms. The van der Waals surface area contributed by atoms with Crippen LogP contribution in [0.5, 0.6) is 0 Å². The molecule has 0 aromatic rings. The summed E-state index contributed by atoms with van der Waals surface area (Å²) in [5, 5.41) is 3.07. The fraction of sp³-hybridized carbons (Fsp3) is 0.833. The molecule has 45 heavy (non-hydrogen) atoms. The van der Waals surface area contributed by atoms with E-state index in [1.54, 1.807) is 21.1 Å². The Morgan fingerprint density at radius 3 is 1.38 bits per heavy atom. The second-order valence-electron chi connectivity index (χ2n) is 14.7. The van der Waals surface area contributed by atoms with Crippen molar-refractivity contribution in [3.63, 3.8) is 0 Å². The lowest BCUT2D eigenvalue weighted by Crippen LogP contribution is -2.50. The third-order valence-electron chi connectivity index (χ3n) is 9.33. The first-order valence-electron chi connectivity index (χ1n) is 17.0. The molecule has 0 aliphatic rings. The Balaban J connectivity index is 6.18. The number of hydrogen-bond acceptors (Lipinski definition) is 7. The first-order valence-corrected chi connectivity index (χ1v) is 17.0. The quantitative estimate of drug-likeness (QED) is 0.162. The van der Waals surface area contributed by atoms with Crippen LogP contribution in [0.3, 0.4) is 0 Å². The van der Waals surface area contributed by atoms with E-state index in [1.165, 1.54) is 9.80 Å². The molecular formula is C36H65N3O6. The maximum Gasteiger partial charge on any atom is 0.226 e. The van der Waals surface area contributed by atoms with Crippen LogP contribution in [0.4, 0.5) is 0 Å². The van der Waals surface area contributed by atoms with Crippen LogP contribution in [0.2, 0.25) is 0 Å². The minimum atomic E-state index is -0.749. The van der Waals surface area contributed by atoms with E-state index >= 15 is 0 Å². The van der Waals surface area contributed by atoms with Gasteiger partial charge in [-0.05, 0) is 49.5 Å². The van der Waals surface area contributed by atoms with Gasteiger partial charge < -0.3 is 19.9 Å².